The molecule has 0 saturated carbocycles. The molecule has 6 heteroatoms. The van der Waals surface area contributed by atoms with Crippen molar-refractivity contribution in [2.24, 2.45) is 0 Å². The standard InChI is InChI=1S/C15H11ClF4S/c1-9-6-13(17)12(10-2-4-11(16)5-3-10)7-14(9)21-8-15(18,19)20/h2-7H,8H2,1H3. The molecule has 2 aromatic carbocycles. The maximum atomic E-state index is 14.0. The van der Waals surface area contributed by atoms with E-state index in [0.717, 1.165) is 0 Å². The monoisotopic (exact) mass is 334 g/mol. The van der Waals surface area contributed by atoms with Gasteiger partial charge >= 0.3 is 6.18 Å². The number of thioether (sulfide) groups is 1. The molecule has 0 aliphatic heterocycles. The Morgan fingerprint density at radius 1 is 1.10 bits per heavy atom. The molecule has 2 rings (SSSR count). The maximum Gasteiger partial charge on any atom is 0.398 e. The van der Waals surface area contributed by atoms with Crippen molar-refractivity contribution in [2.45, 2.75) is 18.0 Å². The molecule has 2 aromatic rings. The van der Waals surface area contributed by atoms with E-state index in [4.69, 9.17) is 11.6 Å². The highest BCUT2D eigenvalue weighted by molar-refractivity contribution is 7.99. The average molecular weight is 335 g/mol. The van der Waals surface area contributed by atoms with E-state index >= 15 is 0 Å². The highest BCUT2D eigenvalue weighted by atomic mass is 35.5. The van der Waals surface area contributed by atoms with Crippen LogP contribution in [0.4, 0.5) is 17.6 Å². The third kappa shape index (κ3) is 4.38. The molecule has 0 aliphatic carbocycles. The Hall–Kier alpha value is -1.20. The van der Waals surface area contributed by atoms with Crippen LogP contribution in [0.5, 0.6) is 0 Å². The predicted molar refractivity (Wildman–Crippen MR) is 78.4 cm³/mol. The highest BCUT2D eigenvalue weighted by Crippen LogP contribution is 2.34. The van der Waals surface area contributed by atoms with Gasteiger partial charge in [0.15, 0.2) is 0 Å². The van der Waals surface area contributed by atoms with Gasteiger partial charge < -0.3 is 0 Å². The number of hydrogen-bond acceptors (Lipinski definition) is 1. The summed E-state index contributed by atoms with van der Waals surface area (Å²) in [5.74, 6) is -1.47. The van der Waals surface area contributed by atoms with E-state index in [-0.39, 0.29) is 5.56 Å². The minimum atomic E-state index is -4.26. The zero-order valence-corrected chi connectivity index (χ0v) is 12.5. The van der Waals surface area contributed by atoms with Gasteiger partial charge in [-0.05, 0) is 42.3 Å². The predicted octanol–water partition coefficient (Wildman–Crippen LogP) is 6.11. The zero-order valence-electron chi connectivity index (χ0n) is 11.0. The van der Waals surface area contributed by atoms with Crippen LogP contribution in [0, 0.1) is 12.7 Å². The Balaban J connectivity index is 2.36. The van der Waals surface area contributed by atoms with Crippen molar-refractivity contribution in [2.75, 3.05) is 5.75 Å². The molecule has 0 amide bonds. The number of rotatable bonds is 3. The van der Waals surface area contributed by atoms with Crippen molar-refractivity contribution in [1.29, 1.82) is 0 Å². The summed E-state index contributed by atoms with van der Waals surface area (Å²) in [6.45, 7) is 1.59. The molecular formula is C15H11ClF4S. The van der Waals surface area contributed by atoms with Gasteiger partial charge in [-0.2, -0.15) is 13.2 Å². The zero-order chi connectivity index (χ0) is 15.6. The Morgan fingerprint density at radius 2 is 1.71 bits per heavy atom. The van der Waals surface area contributed by atoms with Gasteiger partial charge in [-0.3, -0.25) is 0 Å². The van der Waals surface area contributed by atoms with E-state index in [9.17, 15) is 17.6 Å². The van der Waals surface area contributed by atoms with E-state index in [1.54, 1.807) is 31.2 Å². The third-order valence-corrected chi connectivity index (χ3v) is 4.29. The lowest BCUT2D eigenvalue weighted by atomic mass is 10.0. The number of hydrogen-bond donors (Lipinski definition) is 0. The quantitative estimate of drug-likeness (QED) is 0.482. The van der Waals surface area contributed by atoms with Crippen LogP contribution in [0.3, 0.4) is 0 Å². The topological polar surface area (TPSA) is 0 Å². The SMILES string of the molecule is Cc1cc(F)c(-c2ccc(Cl)cc2)cc1SCC(F)(F)F. The summed E-state index contributed by atoms with van der Waals surface area (Å²) in [6, 6.07) is 9.19. The van der Waals surface area contributed by atoms with Crippen molar-refractivity contribution in [1.82, 2.24) is 0 Å². The lowest BCUT2D eigenvalue weighted by molar-refractivity contribution is -0.105. The summed E-state index contributed by atoms with van der Waals surface area (Å²) >= 11 is 6.43. The molecule has 0 spiro atoms. The van der Waals surface area contributed by atoms with Crippen molar-refractivity contribution in [3.63, 3.8) is 0 Å². The first kappa shape index (κ1) is 16.2. The minimum Gasteiger partial charge on any atom is -0.206 e. The summed E-state index contributed by atoms with van der Waals surface area (Å²) in [5.41, 5.74) is 1.33. The van der Waals surface area contributed by atoms with Crippen molar-refractivity contribution in [3.8, 4) is 11.1 Å². The Bertz CT molecular complexity index is 635. The van der Waals surface area contributed by atoms with E-state index < -0.39 is 17.7 Å². The van der Waals surface area contributed by atoms with Crippen molar-refractivity contribution in [3.05, 3.63) is 52.8 Å². The lowest BCUT2D eigenvalue weighted by Crippen LogP contribution is -2.10. The molecule has 0 bridgehead atoms. The minimum absolute atomic E-state index is 0.266. The van der Waals surface area contributed by atoms with E-state index in [1.165, 1.54) is 12.1 Å². The molecule has 0 aromatic heterocycles. The molecule has 0 aliphatic rings. The highest BCUT2D eigenvalue weighted by Gasteiger charge is 2.27. The normalized spacial score (nSPS) is 11.7. The van der Waals surface area contributed by atoms with Gasteiger partial charge in [-0.15, -0.1) is 11.8 Å². The molecule has 112 valence electrons. The van der Waals surface area contributed by atoms with Gasteiger partial charge in [0.25, 0.3) is 0 Å². The summed E-state index contributed by atoms with van der Waals surface area (Å²) in [4.78, 5) is 0.415. The van der Waals surface area contributed by atoms with Gasteiger partial charge in [0, 0.05) is 15.5 Å². The number of alkyl halides is 3. The van der Waals surface area contributed by atoms with Gasteiger partial charge in [0.2, 0.25) is 0 Å². The Kier molecular flexibility index (Phi) is 4.84. The first-order valence-corrected chi connectivity index (χ1v) is 7.38. The number of halogens is 5. The Labute approximate surface area is 129 Å². The van der Waals surface area contributed by atoms with Crippen molar-refractivity contribution < 1.29 is 17.6 Å². The first-order chi connectivity index (χ1) is 9.76. The molecule has 0 unspecified atom stereocenters. The molecular weight excluding hydrogens is 324 g/mol. The van der Waals surface area contributed by atoms with Crippen LogP contribution in [0.15, 0.2) is 41.3 Å². The fourth-order valence-corrected chi connectivity index (χ4v) is 2.75. The summed E-state index contributed by atoms with van der Waals surface area (Å²) in [5, 5.41) is 0.512. The van der Waals surface area contributed by atoms with Crippen LogP contribution in [-0.4, -0.2) is 11.9 Å². The third-order valence-electron chi connectivity index (χ3n) is 2.81. The molecule has 21 heavy (non-hydrogen) atoms. The molecule has 0 nitrogen and oxygen atoms in total. The smallest absolute Gasteiger partial charge is 0.206 e. The van der Waals surface area contributed by atoms with Crippen LogP contribution >= 0.6 is 23.4 Å². The molecule has 0 saturated heterocycles. The maximum absolute atomic E-state index is 14.0. The average Bonchev–Trinajstić information content (AvgIpc) is 2.38. The van der Waals surface area contributed by atoms with E-state index in [1.807, 2.05) is 0 Å². The molecule has 0 radical (unpaired) electrons. The van der Waals surface area contributed by atoms with Crippen LogP contribution in [0.2, 0.25) is 5.02 Å². The molecule has 0 fully saturated rings. The fraction of sp³-hybridized carbons (Fsp3) is 0.200. The van der Waals surface area contributed by atoms with Crippen LogP contribution < -0.4 is 0 Å². The summed E-state index contributed by atoms with van der Waals surface area (Å²) in [6.07, 6.45) is -4.26. The summed E-state index contributed by atoms with van der Waals surface area (Å²) in [7, 11) is 0. The second-order valence-corrected chi connectivity index (χ2v) is 5.96. The van der Waals surface area contributed by atoms with Gasteiger partial charge in [0.1, 0.15) is 5.82 Å². The van der Waals surface area contributed by atoms with Crippen LogP contribution in [-0.2, 0) is 0 Å². The number of aryl methyl sites for hydroxylation is 1. The van der Waals surface area contributed by atoms with Crippen LogP contribution in [0.1, 0.15) is 5.56 Å². The van der Waals surface area contributed by atoms with Crippen LogP contribution in [0.25, 0.3) is 11.1 Å². The largest absolute Gasteiger partial charge is 0.398 e. The fourth-order valence-electron chi connectivity index (χ4n) is 1.82. The summed E-state index contributed by atoms with van der Waals surface area (Å²) < 4.78 is 51.0. The van der Waals surface area contributed by atoms with Gasteiger partial charge in [-0.25, -0.2) is 4.39 Å². The second kappa shape index (κ2) is 6.28. The van der Waals surface area contributed by atoms with Gasteiger partial charge in [0.05, 0.1) is 5.75 Å². The van der Waals surface area contributed by atoms with Crippen molar-refractivity contribution >= 4 is 23.4 Å². The van der Waals surface area contributed by atoms with E-state index in [0.29, 0.717) is 32.8 Å². The van der Waals surface area contributed by atoms with Gasteiger partial charge in [-0.1, -0.05) is 23.7 Å². The molecule has 0 heterocycles. The first-order valence-electron chi connectivity index (χ1n) is 6.02. The second-order valence-electron chi connectivity index (χ2n) is 4.51. The number of benzene rings is 2. The molecule has 0 N–H and O–H groups in total. The molecule has 0 atom stereocenters. The van der Waals surface area contributed by atoms with E-state index in [2.05, 4.69) is 0 Å². The Morgan fingerprint density at radius 3 is 2.29 bits per heavy atom. The lowest BCUT2D eigenvalue weighted by Gasteiger charge is -2.12.